The first-order chi connectivity index (χ1) is 14.1. The van der Waals surface area contributed by atoms with Crippen LogP contribution in [0.4, 0.5) is 18.9 Å². The van der Waals surface area contributed by atoms with E-state index in [-0.39, 0.29) is 30.2 Å². The van der Waals surface area contributed by atoms with Crippen molar-refractivity contribution in [2.75, 3.05) is 31.6 Å². The molecule has 0 aromatic heterocycles. The van der Waals surface area contributed by atoms with Crippen molar-refractivity contribution < 1.29 is 35.9 Å². The maximum absolute atomic E-state index is 12.7. The molecule has 0 saturated carbocycles. The average molecular weight is 444 g/mol. The Morgan fingerprint density at radius 2 is 1.77 bits per heavy atom. The molecule has 1 fully saturated rings. The minimum atomic E-state index is -4.79. The summed E-state index contributed by atoms with van der Waals surface area (Å²) in [5, 5.41) is 2.60. The van der Waals surface area contributed by atoms with Crippen molar-refractivity contribution in [1.29, 1.82) is 0 Å². The van der Waals surface area contributed by atoms with E-state index in [1.807, 2.05) is 0 Å². The van der Waals surface area contributed by atoms with Crippen LogP contribution < -0.4 is 10.1 Å². The van der Waals surface area contributed by atoms with Gasteiger partial charge in [-0.05, 0) is 35.9 Å². The van der Waals surface area contributed by atoms with Crippen LogP contribution in [0.1, 0.15) is 5.56 Å². The minimum absolute atomic E-state index is 0.0517. The second kappa shape index (κ2) is 9.02. The number of amides is 1. The third kappa shape index (κ3) is 5.94. The van der Waals surface area contributed by atoms with E-state index in [1.54, 1.807) is 6.07 Å². The summed E-state index contributed by atoms with van der Waals surface area (Å²) in [5.74, 6) is -0.826. The van der Waals surface area contributed by atoms with Crippen LogP contribution in [0.15, 0.2) is 53.4 Å². The molecule has 2 aromatic carbocycles. The van der Waals surface area contributed by atoms with Crippen LogP contribution in [0.5, 0.6) is 5.75 Å². The Morgan fingerprint density at radius 1 is 1.10 bits per heavy atom. The van der Waals surface area contributed by atoms with Gasteiger partial charge < -0.3 is 14.8 Å². The highest BCUT2D eigenvalue weighted by atomic mass is 32.2. The molecule has 0 radical (unpaired) electrons. The number of sulfonamides is 1. The topological polar surface area (TPSA) is 84.9 Å². The summed E-state index contributed by atoms with van der Waals surface area (Å²) in [6.45, 7) is 1.16. The third-order valence-electron chi connectivity index (χ3n) is 4.25. The summed E-state index contributed by atoms with van der Waals surface area (Å²) in [7, 11) is -3.70. The first kappa shape index (κ1) is 22.1. The predicted octanol–water partition coefficient (Wildman–Crippen LogP) is 2.79. The van der Waals surface area contributed by atoms with E-state index in [2.05, 4.69) is 10.1 Å². The number of carbonyl (C=O) groups excluding carboxylic acids is 1. The van der Waals surface area contributed by atoms with Gasteiger partial charge in [-0.2, -0.15) is 4.31 Å². The fraction of sp³-hybridized carbons (Fsp3) is 0.316. The van der Waals surface area contributed by atoms with Crippen molar-refractivity contribution in [3.8, 4) is 5.75 Å². The molecule has 0 aliphatic carbocycles. The lowest BCUT2D eigenvalue weighted by Gasteiger charge is -2.26. The molecule has 2 aromatic rings. The fourth-order valence-electron chi connectivity index (χ4n) is 2.87. The highest BCUT2D eigenvalue weighted by Gasteiger charge is 2.31. The van der Waals surface area contributed by atoms with Gasteiger partial charge in [0.05, 0.1) is 24.5 Å². The van der Waals surface area contributed by atoms with Crippen LogP contribution >= 0.6 is 0 Å². The van der Waals surface area contributed by atoms with E-state index >= 15 is 0 Å². The summed E-state index contributed by atoms with van der Waals surface area (Å²) >= 11 is 0. The number of alkyl halides is 3. The fourth-order valence-corrected chi connectivity index (χ4v) is 4.32. The lowest BCUT2D eigenvalue weighted by Crippen LogP contribution is -2.40. The Kier molecular flexibility index (Phi) is 6.64. The van der Waals surface area contributed by atoms with Gasteiger partial charge in [-0.3, -0.25) is 4.79 Å². The Bertz CT molecular complexity index is 988. The molecule has 1 aliphatic rings. The molecular weight excluding hydrogens is 425 g/mol. The van der Waals surface area contributed by atoms with Crippen LogP contribution in [-0.2, 0) is 26.0 Å². The Morgan fingerprint density at radius 3 is 2.40 bits per heavy atom. The SMILES string of the molecule is O=C(Cc1ccc(OC(F)(F)F)cc1)Nc1cccc(S(=O)(=O)N2CCOCC2)c1. The van der Waals surface area contributed by atoms with Gasteiger partial charge in [0.15, 0.2) is 0 Å². The molecular formula is C19H19F3N2O5S. The predicted molar refractivity (Wildman–Crippen MR) is 101 cm³/mol. The number of benzene rings is 2. The molecule has 0 spiro atoms. The molecule has 3 rings (SSSR count). The number of hydrogen-bond acceptors (Lipinski definition) is 5. The lowest BCUT2D eigenvalue weighted by molar-refractivity contribution is -0.274. The molecule has 30 heavy (non-hydrogen) atoms. The van der Waals surface area contributed by atoms with E-state index in [1.165, 1.54) is 34.6 Å². The summed E-state index contributed by atoms with van der Waals surface area (Å²) in [6.07, 6.45) is -4.89. The van der Waals surface area contributed by atoms with E-state index in [9.17, 15) is 26.4 Å². The van der Waals surface area contributed by atoms with Gasteiger partial charge in [0.25, 0.3) is 0 Å². The maximum atomic E-state index is 12.7. The van der Waals surface area contributed by atoms with Gasteiger partial charge in [-0.1, -0.05) is 18.2 Å². The summed E-state index contributed by atoms with van der Waals surface area (Å²) in [6, 6.07) is 10.8. The van der Waals surface area contributed by atoms with Crippen molar-refractivity contribution in [1.82, 2.24) is 4.31 Å². The van der Waals surface area contributed by atoms with Gasteiger partial charge >= 0.3 is 6.36 Å². The first-order valence-corrected chi connectivity index (χ1v) is 10.4. The van der Waals surface area contributed by atoms with E-state index in [0.29, 0.717) is 24.5 Å². The van der Waals surface area contributed by atoms with Gasteiger partial charge in [0.2, 0.25) is 15.9 Å². The zero-order valence-corrected chi connectivity index (χ0v) is 16.5. The smallest absolute Gasteiger partial charge is 0.406 e. The Balaban J connectivity index is 1.64. The van der Waals surface area contributed by atoms with Crippen LogP contribution in [-0.4, -0.2) is 51.3 Å². The summed E-state index contributed by atoms with van der Waals surface area (Å²) in [5.41, 5.74) is 0.769. The van der Waals surface area contributed by atoms with Crippen molar-refractivity contribution in [2.24, 2.45) is 0 Å². The lowest BCUT2D eigenvalue weighted by atomic mass is 10.1. The number of carbonyl (C=O) groups is 1. The average Bonchev–Trinajstić information content (AvgIpc) is 2.69. The molecule has 1 N–H and O–H groups in total. The molecule has 11 heteroatoms. The zero-order valence-electron chi connectivity index (χ0n) is 15.7. The molecule has 1 aliphatic heterocycles. The highest BCUT2D eigenvalue weighted by Crippen LogP contribution is 2.23. The standard InChI is InChI=1S/C19H19F3N2O5S/c20-19(21,22)29-16-6-4-14(5-7-16)12-18(25)23-15-2-1-3-17(13-15)30(26,27)24-8-10-28-11-9-24/h1-7,13H,8-12H2,(H,23,25). The number of hydrogen-bond donors (Lipinski definition) is 1. The molecule has 0 bridgehead atoms. The second-order valence-corrected chi connectivity index (χ2v) is 8.40. The number of nitrogens with one attached hydrogen (secondary N) is 1. The number of nitrogens with zero attached hydrogens (tertiary/aromatic N) is 1. The number of halogens is 3. The molecule has 0 unspecified atom stereocenters. The van der Waals surface area contributed by atoms with Gasteiger partial charge in [-0.15, -0.1) is 13.2 Å². The maximum Gasteiger partial charge on any atom is 0.573 e. The molecule has 1 saturated heterocycles. The zero-order chi connectivity index (χ0) is 21.8. The molecule has 1 heterocycles. The van der Waals surface area contributed by atoms with Gasteiger partial charge in [0.1, 0.15) is 5.75 Å². The van der Waals surface area contributed by atoms with Gasteiger partial charge in [-0.25, -0.2) is 8.42 Å². The summed E-state index contributed by atoms with van der Waals surface area (Å²) in [4.78, 5) is 12.3. The number of ether oxygens (including phenoxy) is 2. The number of anilines is 1. The van der Waals surface area contributed by atoms with Crippen LogP contribution in [0.2, 0.25) is 0 Å². The molecule has 7 nitrogen and oxygen atoms in total. The normalized spacial score (nSPS) is 15.6. The molecule has 0 atom stereocenters. The molecule has 162 valence electrons. The van der Waals surface area contributed by atoms with Crippen LogP contribution in [0.25, 0.3) is 0 Å². The highest BCUT2D eigenvalue weighted by molar-refractivity contribution is 7.89. The van der Waals surface area contributed by atoms with Crippen molar-refractivity contribution in [3.05, 3.63) is 54.1 Å². The van der Waals surface area contributed by atoms with E-state index in [4.69, 9.17) is 4.74 Å². The summed E-state index contributed by atoms with van der Waals surface area (Å²) < 4.78 is 72.3. The number of rotatable bonds is 6. The Hall–Kier alpha value is -2.63. The second-order valence-electron chi connectivity index (χ2n) is 6.46. The quantitative estimate of drug-likeness (QED) is 0.741. The minimum Gasteiger partial charge on any atom is -0.406 e. The van der Waals surface area contributed by atoms with Crippen LogP contribution in [0, 0.1) is 0 Å². The van der Waals surface area contributed by atoms with Crippen molar-refractivity contribution in [3.63, 3.8) is 0 Å². The molecule has 1 amide bonds. The largest absolute Gasteiger partial charge is 0.573 e. The Labute approximate surface area is 171 Å². The van der Waals surface area contributed by atoms with E-state index < -0.39 is 22.3 Å². The first-order valence-electron chi connectivity index (χ1n) is 8.96. The van der Waals surface area contributed by atoms with E-state index in [0.717, 1.165) is 12.1 Å². The van der Waals surface area contributed by atoms with Gasteiger partial charge in [0, 0.05) is 18.8 Å². The monoisotopic (exact) mass is 444 g/mol. The third-order valence-corrected chi connectivity index (χ3v) is 6.14. The number of morpholine rings is 1. The van der Waals surface area contributed by atoms with Crippen LogP contribution in [0.3, 0.4) is 0 Å². The van der Waals surface area contributed by atoms with Crippen molar-refractivity contribution >= 4 is 21.6 Å². The van der Waals surface area contributed by atoms with Crippen molar-refractivity contribution in [2.45, 2.75) is 17.7 Å².